The number of nitrogens with two attached hydrogens (primary N) is 1. The van der Waals surface area contributed by atoms with Crippen LogP contribution in [-0.2, 0) is 0 Å². The number of aromatic nitrogens is 1. The minimum atomic E-state index is -0.945. The van der Waals surface area contributed by atoms with Gasteiger partial charge in [-0.25, -0.2) is 8.78 Å². The monoisotopic (exact) mass is 263 g/mol. The second kappa shape index (κ2) is 5.01. The van der Waals surface area contributed by atoms with Gasteiger partial charge in [0.05, 0.1) is 23.1 Å². The highest BCUT2D eigenvalue weighted by Gasteiger charge is 2.16. The maximum atomic E-state index is 13.6. The zero-order valence-electron chi connectivity index (χ0n) is 10.1. The number of hydrogen-bond acceptors (Lipinski definition) is 3. The van der Waals surface area contributed by atoms with Gasteiger partial charge in [-0.2, -0.15) is 0 Å². The van der Waals surface area contributed by atoms with E-state index in [2.05, 4.69) is 10.3 Å². The quantitative estimate of drug-likeness (QED) is 0.818. The number of aryl methyl sites for hydroxylation is 1. The average molecular weight is 263 g/mol. The fourth-order valence-electron chi connectivity index (χ4n) is 1.52. The molecule has 1 heterocycles. The minimum absolute atomic E-state index is 0.387. The summed E-state index contributed by atoms with van der Waals surface area (Å²) in [6.07, 6.45) is 1.42. The summed E-state index contributed by atoms with van der Waals surface area (Å²) in [5, 5.41) is 2.42. The van der Waals surface area contributed by atoms with Gasteiger partial charge in [0.1, 0.15) is 5.82 Å². The number of anilines is 2. The van der Waals surface area contributed by atoms with Gasteiger partial charge in [-0.3, -0.25) is 9.78 Å². The number of nitrogens with one attached hydrogen (secondary N) is 1. The van der Waals surface area contributed by atoms with Crippen LogP contribution in [-0.4, -0.2) is 10.9 Å². The third-order valence-electron chi connectivity index (χ3n) is 2.48. The SMILES string of the molecule is Cc1ccc(NC(=O)c2cc(F)cc(N)c2F)cn1. The van der Waals surface area contributed by atoms with E-state index in [1.165, 1.54) is 6.20 Å². The van der Waals surface area contributed by atoms with Crippen molar-refractivity contribution < 1.29 is 13.6 Å². The molecule has 2 rings (SSSR count). The highest BCUT2D eigenvalue weighted by Crippen LogP contribution is 2.18. The molecule has 2 aromatic rings. The van der Waals surface area contributed by atoms with Crippen LogP contribution in [0.2, 0.25) is 0 Å². The molecule has 0 fully saturated rings. The van der Waals surface area contributed by atoms with Gasteiger partial charge >= 0.3 is 0 Å². The largest absolute Gasteiger partial charge is 0.396 e. The smallest absolute Gasteiger partial charge is 0.258 e. The Hall–Kier alpha value is -2.50. The molecule has 0 bridgehead atoms. The van der Waals surface area contributed by atoms with Crippen LogP contribution < -0.4 is 11.1 Å². The molecular weight excluding hydrogens is 252 g/mol. The summed E-state index contributed by atoms with van der Waals surface area (Å²) >= 11 is 0. The Balaban J connectivity index is 2.27. The molecule has 0 aliphatic carbocycles. The lowest BCUT2D eigenvalue weighted by atomic mass is 10.1. The summed E-state index contributed by atoms with van der Waals surface area (Å²) in [7, 11) is 0. The zero-order valence-corrected chi connectivity index (χ0v) is 10.1. The van der Waals surface area contributed by atoms with Gasteiger partial charge in [-0.1, -0.05) is 0 Å². The molecule has 1 amide bonds. The lowest BCUT2D eigenvalue weighted by Gasteiger charge is -2.07. The van der Waals surface area contributed by atoms with Crippen LogP contribution in [0, 0.1) is 18.6 Å². The Morgan fingerprint density at radius 3 is 2.68 bits per heavy atom. The molecule has 6 heteroatoms. The molecule has 0 spiro atoms. The summed E-state index contributed by atoms with van der Waals surface area (Å²) in [5.74, 6) is -2.50. The van der Waals surface area contributed by atoms with Crippen molar-refractivity contribution in [1.29, 1.82) is 0 Å². The summed E-state index contributed by atoms with van der Waals surface area (Å²) in [6, 6.07) is 4.91. The summed E-state index contributed by atoms with van der Waals surface area (Å²) < 4.78 is 26.8. The molecule has 1 aromatic heterocycles. The standard InChI is InChI=1S/C13H11F2N3O/c1-7-2-3-9(6-17-7)18-13(19)10-4-8(14)5-11(16)12(10)15/h2-6H,16H2,1H3,(H,18,19). The van der Waals surface area contributed by atoms with Gasteiger partial charge in [0.15, 0.2) is 5.82 Å². The van der Waals surface area contributed by atoms with Gasteiger partial charge < -0.3 is 11.1 Å². The van der Waals surface area contributed by atoms with E-state index < -0.39 is 28.8 Å². The van der Waals surface area contributed by atoms with Crippen molar-refractivity contribution in [1.82, 2.24) is 4.98 Å². The number of nitrogens with zero attached hydrogens (tertiary/aromatic N) is 1. The lowest BCUT2D eigenvalue weighted by Crippen LogP contribution is -2.15. The summed E-state index contributed by atoms with van der Waals surface area (Å²) in [5.41, 5.74) is 5.57. The molecule has 0 saturated carbocycles. The number of rotatable bonds is 2. The Labute approximate surface area is 108 Å². The molecular formula is C13H11F2N3O. The van der Waals surface area contributed by atoms with Gasteiger partial charge in [-0.15, -0.1) is 0 Å². The van der Waals surface area contributed by atoms with Crippen LogP contribution in [0.1, 0.15) is 16.1 Å². The predicted octanol–water partition coefficient (Wildman–Crippen LogP) is 2.50. The van der Waals surface area contributed by atoms with E-state index in [0.717, 1.165) is 17.8 Å². The molecule has 0 aliphatic rings. The second-order valence-corrected chi connectivity index (χ2v) is 4.00. The first-order valence-corrected chi connectivity index (χ1v) is 5.46. The van der Waals surface area contributed by atoms with Crippen LogP contribution >= 0.6 is 0 Å². The number of amides is 1. The average Bonchev–Trinajstić information content (AvgIpc) is 2.36. The van der Waals surface area contributed by atoms with Crippen LogP contribution in [0.15, 0.2) is 30.5 Å². The first kappa shape index (κ1) is 12.9. The van der Waals surface area contributed by atoms with Gasteiger partial charge in [0, 0.05) is 5.69 Å². The second-order valence-electron chi connectivity index (χ2n) is 4.00. The fraction of sp³-hybridized carbons (Fsp3) is 0.0769. The van der Waals surface area contributed by atoms with Crippen molar-refractivity contribution in [3.05, 3.63) is 53.4 Å². The van der Waals surface area contributed by atoms with Crippen molar-refractivity contribution in [2.24, 2.45) is 0 Å². The van der Waals surface area contributed by atoms with Crippen molar-refractivity contribution >= 4 is 17.3 Å². The molecule has 0 unspecified atom stereocenters. The van der Waals surface area contributed by atoms with Crippen molar-refractivity contribution in [3.8, 4) is 0 Å². The Morgan fingerprint density at radius 2 is 2.05 bits per heavy atom. The number of benzene rings is 1. The fourth-order valence-corrected chi connectivity index (χ4v) is 1.52. The van der Waals surface area contributed by atoms with Crippen molar-refractivity contribution in [2.75, 3.05) is 11.1 Å². The van der Waals surface area contributed by atoms with Crippen LogP contribution in [0.3, 0.4) is 0 Å². The van der Waals surface area contributed by atoms with E-state index in [-0.39, 0.29) is 0 Å². The van der Waals surface area contributed by atoms with Gasteiger partial charge in [-0.05, 0) is 31.2 Å². The highest BCUT2D eigenvalue weighted by atomic mass is 19.1. The molecule has 0 radical (unpaired) electrons. The van der Waals surface area contributed by atoms with Crippen LogP contribution in [0.5, 0.6) is 0 Å². The minimum Gasteiger partial charge on any atom is -0.396 e. The third kappa shape index (κ3) is 2.85. The lowest BCUT2D eigenvalue weighted by molar-refractivity contribution is 0.102. The molecule has 0 atom stereocenters. The Morgan fingerprint density at radius 1 is 1.32 bits per heavy atom. The van der Waals surface area contributed by atoms with E-state index in [1.54, 1.807) is 19.1 Å². The Kier molecular flexibility index (Phi) is 3.41. The third-order valence-corrected chi connectivity index (χ3v) is 2.48. The van der Waals surface area contributed by atoms with Crippen LogP contribution in [0.4, 0.5) is 20.2 Å². The van der Waals surface area contributed by atoms with Gasteiger partial charge in [0.2, 0.25) is 0 Å². The topological polar surface area (TPSA) is 68.0 Å². The van der Waals surface area contributed by atoms with Crippen LogP contribution in [0.25, 0.3) is 0 Å². The first-order chi connectivity index (χ1) is 8.97. The maximum absolute atomic E-state index is 13.6. The molecule has 3 N–H and O–H groups in total. The van der Waals surface area contributed by atoms with Crippen molar-refractivity contribution in [2.45, 2.75) is 6.92 Å². The van der Waals surface area contributed by atoms with E-state index in [1.807, 2.05) is 0 Å². The predicted molar refractivity (Wildman–Crippen MR) is 67.7 cm³/mol. The number of carbonyl (C=O) groups excluding carboxylic acids is 1. The molecule has 98 valence electrons. The van der Waals surface area contributed by atoms with E-state index in [4.69, 9.17) is 5.73 Å². The number of nitrogen functional groups attached to an aromatic ring is 1. The number of hydrogen-bond donors (Lipinski definition) is 2. The number of carbonyl (C=O) groups is 1. The number of halogens is 2. The molecule has 1 aromatic carbocycles. The normalized spacial score (nSPS) is 10.3. The molecule has 0 aliphatic heterocycles. The first-order valence-electron chi connectivity index (χ1n) is 5.46. The van der Waals surface area contributed by atoms with E-state index >= 15 is 0 Å². The molecule has 19 heavy (non-hydrogen) atoms. The van der Waals surface area contributed by atoms with Gasteiger partial charge in [0.25, 0.3) is 5.91 Å². The summed E-state index contributed by atoms with van der Waals surface area (Å²) in [4.78, 5) is 15.8. The number of pyridine rings is 1. The maximum Gasteiger partial charge on any atom is 0.258 e. The Bertz CT molecular complexity index is 627. The van der Waals surface area contributed by atoms with Crippen molar-refractivity contribution in [3.63, 3.8) is 0 Å². The highest BCUT2D eigenvalue weighted by molar-refractivity contribution is 6.04. The van der Waals surface area contributed by atoms with E-state index in [9.17, 15) is 13.6 Å². The molecule has 4 nitrogen and oxygen atoms in total. The molecule has 0 saturated heterocycles. The zero-order chi connectivity index (χ0) is 14.0. The van der Waals surface area contributed by atoms with E-state index in [0.29, 0.717) is 5.69 Å². The summed E-state index contributed by atoms with van der Waals surface area (Å²) in [6.45, 7) is 1.79.